The van der Waals surface area contributed by atoms with Gasteiger partial charge in [-0.3, -0.25) is 14.5 Å². The van der Waals surface area contributed by atoms with Crippen LogP contribution in [-0.2, 0) is 4.79 Å². The Morgan fingerprint density at radius 1 is 1.09 bits per heavy atom. The molecule has 0 aromatic heterocycles. The number of nitrogens with zero attached hydrogens (tertiary/aromatic N) is 1. The van der Waals surface area contributed by atoms with Crippen LogP contribution in [0.25, 0.3) is 0 Å². The highest BCUT2D eigenvalue weighted by Crippen LogP contribution is 2.41. The van der Waals surface area contributed by atoms with Gasteiger partial charge in [0, 0.05) is 27.9 Å². The number of rotatable bonds is 6. The average molecular weight is 502 g/mol. The summed E-state index contributed by atoms with van der Waals surface area (Å²) in [5.74, 6) is -0.877. The number of carboxylic acids is 1. The van der Waals surface area contributed by atoms with Crippen molar-refractivity contribution < 1.29 is 29.3 Å². The Morgan fingerprint density at radius 3 is 2.38 bits per heavy atom. The maximum Gasteiger partial charge on any atom is 0.311 e. The molecule has 7 nitrogen and oxygen atoms in total. The third kappa shape index (κ3) is 4.97. The number of anilines is 1. The standard InChI is InChI=1S/C25H21Cl2NO6/c1-14(29)28(17-6-4-16(26)5-7-17)24(30)15-2-8-18(9-3-15)34-23-13-22-20(12-21(23)27)19(25(31)32)10-11-33-22/h2-9,12-14,19,29H,10-11H2,1H3,(H,31,32). The molecule has 2 N–H and O–H groups in total. The molecule has 176 valence electrons. The van der Waals surface area contributed by atoms with E-state index in [1.165, 1.54) is 11.8 Å². The highest BCUT2D eigenvalue weighted by atomic mass is 35.5. The first kappa shape index (κ1) is 23.9. The molecule has 0 radical (unpaired) electrons. The van der Waals surface area contributed by atoms with Gasteiger partial charge in [-0.15, -0.1) is 0 Å². The van der Waals surface area contributed by atoms with Crippen LogP contribution in [0, 0.1) is 0 Å². The van der Waals surface area contributed by atoms with Crippen molar-refractivity contribution in [3.63, 3.8) is 0 Å². The van der Waals surface area contributed by atoms with Gasteiger partial charge in [-0.2, -0.15) is 0 Å². The van der Waals surface area contributed by atoms with Crippen molar-refractivity contribution in [3.8, 4) is 17.2 Å². The van der Waals surface area contributed by atoms with Gasteiger partial charge < -0.3 is 19.7 Å². The molecule has 2 atom stereocenters. The van der Waals surface area contributed by atoms with E-state index < -0.39 is 24.0 Å². The largest absolute Gasteiger partial charge is 0.493 e. The van der Waals surface area contributed by atoms with E-state index in [9.17, 15) is 19.8 Å². The molecule has 0 fully saturated rings. The predicted molar refractivity (Wildman–Crippen MR) is 128 cm³/mol. The van der Waals surface area contributed by atoms with Crippen LogP contribution in [0.4, 0.5) is 5.69 Å². The normalized spacial score (nSPS) is 15.6. The van der Waals surface area contributed by atoms with Crippen molar-refractivity contribution in [1.82, 2.24) is 0 Å². The number of benzene rings is 3. The van der Waals surface area contributed by atoms with Gasteiger partial charge in [-0.25, -0.2) is 0 Å². The third-order valence-electron chi connectivity index (χ3n) is 5.43. The minimum Gasteiger partial charge on any atom is -0.493 e. The van der Waals surface area contributed by atoms with E-state index in [1.54, 1.807) is 60.7 Å². The zero-order chi connectivity index (χ0) is 24.4. The van der Waals surface area contributed by atoms with Gasteiger partial charge in [0.1, 0.15) is 23.5 Å². The first-order valence-electron chi connectivity index (χ1n) is 10.5. The summed E-state index contributed by atoms with van der Waals surface area (Å²) in [5, 5.41) is 20.4. The van der Waals surface area contributed by atoms with Gasteiger partial charge in [0.15, 0.2) is 0 Å². The van der Waals surface area contributed by atoms with Crippen LogP contribution >= 0.6 is 23.2 Å². The van der Waals surface area contributed by atoms with Crippen LogP contribution in [0.1, 0.15) is 35.2 Å². The van der Waals surface area contributed by atoms with Crippen LogP contribution in [-0.4, -0.2) is 34.9 Å². The molecular weight excluding hydrogens is 481 g/mol. The fraction of sp³-hybridized carbons (Fsp3) is 0.200. The number of carboxylic acid groups (broad SMARTS) is 1. The molecular formula is C25H21Cl2NO6. The van der Waals surface area contributed by atoms with E-state index in [0.29, 0.717) is 45.5 Å². The molecule has 0 saturated heterocycles. The first-order valence-corrected chi connectivity index (χ1v) is 11.2. The number of aliphatic hydroxyl groups excluding tert-OH is 1. The van der Waals surface area contributed by atoms with Crippen LogP contribution < -0.4 is 14.4 Å². The summed E-state index contributed by atoms with van der Waals surface area (Å²) in [6.07, 6.45) is -0.693. The van der Waals surface area contributed by atoms with Gasteiger partial charge in [0.05, 0.1) is 17.5 Å². The number of halogens is 2. The quantitative estimate of drug-likeness (QED) is 0.419. The Kier molecular flexibility index (Phi) is 6.97. The molecule has 1 amide bonds. The Bertz CT molecular complexity index is 1210. The number of aliphatic hydroxyl groups is 1. The van der Waals surface area contributed by atoms with Gasteiger partial charge >= 0.3 is 5.97 Å². The molecule has 0 spiro atoms. The van der Waals surface area contributed by atoms with Crippen LogP contribution in [0.5, 0.6) is 17.2 Å². The second-order valence-electron chi connectivity index (χ2n) is 7.76. The molecule has 0 aliphatic carbocycles. The van der Waals surface area contributed by atoms with Crippen molar-refractivity contribution in [2.45, 2.75) is 25.5 Å². The van der Waals surface area contributed by atoms with E-state index in [4.69, 9.17) is 32.7 Å². The summed E-state index contributed by atoms with van der Waals surface area (Å²) in [4.78, 5) is 25.8. The fourth-order valence-corrected chi connectivity index (χ4v) is 4.10. The summed E-state index contributed by atoms with van der Waals surface area (Å²) in [5.41, 5.74) is 1.36. The SMILES string of the molecule is CC(O)N(C(=O)c1ccc(Oc2cc3c(cc2Cl)C(C(=O)O)CCO3)cc1)c1ccc(Cl)cc1. The van der Waals surface area contributed by atoms with E-state index in [1.807, 2.05) is 0 Å². The highest BCUT2D eigenvalue weighted by Gasteiger charge is 2.29. The number of aliphatic carboxylic acids is 1. The number of carbonyl (C=O) groups excluding carboxylic acids is 1. The number of hydrogen-bond donors (Lipinski definition) is 2. The van der Waals surface area contributed by atoms with E-state index in [2.05, 4.69) is 0 Å². The molecule has 1 aliphatic heterocycles. The molecule has 1 heterocycles. The summed E-state index contributed by atoms with van der Waals surface area (Å²) in [7, 11) is 0. The molecule has 1 aliphatic rings. The summed E-state index contributed by atoms with van der Waals surface area (Å²) < 4.78 is 11.5. The summed E-state index contributed by atoms with van der Waals surface area (Å²) >= 11 is 12.3. The van der Waals surface area contributed by atoms with Gasteiger partial charge in [-0.1, -0.05) is 23.2 Å². The maximum absolute atomic E-state index is 13.0. The Labute approximate surface area is 206 Å². The van der Waals surface area contributed by atoms with Crippen molar-refractivity contribution in [2.75, 3.05) is 11.5 Å². The second-order valence-corrected chi connectivity index (χ2v) is 8.60. The number of hydrogen-bond acceptors (Lipinski definition) is 5. The third-order valence-corrected chi connectivity index (χ3v) is 5.98. The zero-order valence-electron chi connectivity index (χ0n) is 18.1. The molecule has 4 rings (SSSR count). The average Bonchev–Trinajstić information content (AvgIpc) is 2.80. The lowest BCUT2D eigenvalue weighted by atomic mass is 9.93. The Hall–Kier alpha value is -3.26. The lowest BCUT2D eigenvalue weighted by Crippen LogP contribution is -2.38. The molecule has 34 heavy (non-hydrogen) atoms. The lowest BCUT2D eigenvalue weighted by molar-refractivity contribution is -0.139. The number of amides is 1. The summed E-state index contributed by atoms with van der Waals surface area (Å²) in [6.45, 7) is 1.79. The smallest absolute Gasteiger partial charge is 0.311 e. The number of carbonyl (C=O) groups is 2. The van der Waals surface area contributed by atoms with Gasteiger partial charge in [-0.05, 0) is 67.9 Å². The van der Waals surface area contributed by atoms with Crippen LogP contribution in [0.2, 0.25) is 10.0 Å². The highest BCUT2D eigenvalue weighted by molar-refractivity contribution is 6.32. The van der Waals surface area contributed by atoms with Crippen molar-refractivity contribution in [3.05, 3.63) is 81.8 Å². The minimum atomic E-state index is -1.06. The number of ether oxygens (including phenoxy) is 2. The molecule has 9 heteroatoms. The van der Waals surface area contributed by atoms with Crippen LogP contribution in [0.15, 0.2) is 60.7 Å². The molecule has 0 bridgehead atoms. The zero-order valence-corrected chi connectivity index (χ0v) is 19.6. The van der Waals surface area contributed by atoms with Crippen molar-refractivity contribution >= 4 is 40.8 Å². The Balaban J connectivity index is 1.54. The minimum absolute atomic E-state index is 0.249. The topological polar surface area (TPSA) is 96.3 Å². The first-order chi connectivity index (χ1) is 16.2. The molecule has 3 aromatic rings. The van der Waals surface area contributed by atoms with Gasteiger partial charge in [0.25, 0.3) is 5.91 Å². The molecule has 3 aromatic carbocycles. The van der Waals surface area contributed by atoms with Gasteiger partial charge in [0.2, 0.25) is 0 Å². The predicted octanol–water partition coefficient (Wildman–Crippen LogP) is 5.72. The maximum atomic E-state index is 13.0. The van der Waals surface area contributed by atoms with E-state index in [0.717, 1.165) is 0 Å². The van der Waals surface area contributed by atoms with E-state index >= 15 is 0 Å². The second kappa shape index (κ2) is 9.93. The Morgan fingerprint density at radius 2 is 1.76 bits per heavy atom. The van der Waals surface area contributed by atoms with Crippen LogP contribution in [0.3, 0.4) is 0 Å². The lowest BCUT2D eigenvalue weighted by Gasteiger charge is -2.26. The molecule has 0 saturated carbocycles. The van der Waals surface area contributed by atoms with Crippen molar-refractivity contribution in [2.24, 2.45) is 0 Å². The summed E-state index contributed by atoms with van der Waals surface area (Å²) in [6, 6.07) is 16.1. The fourth-order valence-electron chi connectivity index (χ4n) is 3.76. The molecule has 2 unspecified atom stereocenters. The number of fused-ring (bicyclic) bond motifs is 1. The van der Waals surface area contributed by atoms with E-state index in [-0.39, 0.29) is 11.6 Å². The monoisotopic (exact) mass is 501 g/mol. The van der Waals surface area contributed by atoms with Crippen molar-refractivity contribution in [1.29, 1.82) is 0 Å².